The second kappa shape index (κ2) is 5.52. The van der Waals surface area contributed by atoms with Crippen LogP contribution >= 0.6 is 0 Å². The van der Waals surface area contributed by atoms with Crippen LogP contribution in [0.15, 0.2) is 24.3 Å². The smallest absolute Gasteiger partial charge is 0.407 e. The molecule has 1 spiro atoms. The number of carbonyl (C=O) groups excluding carboxylic acids is 2. The molecule has 3 saturated heterocycles. The minimum atomic E-state index is -1.63. The van der Waals surface area contributed by atoms with Gasteiger partial charge in [-0.1, -0.05) is 19.1 Å². The molecule has 3 aliphatic rings. The van der Waals surface area contributed by atoms with Crippen molar-refractivity contribution in [3.63, 3.8) is 0 Å². The normalized spacial score (nSPS) is 33.6. The average Bonchev–Trinajstić information content (AvgIpc) is 3.09. The first-order valence-electron chi connectivity index (χ1n) is 8.47. The average molecular weight is 347 g/mol. The van der Waals surface area contributed by atoms with Crippen molar-refractivity contribution in [2.75, 3.05) is 18.1 Å². The monoisotopic (exact) mass is 347 g/mol. The fraction of sp³-hybridized carbons (Fsp3) is 0.556. The molecule has 4 rings (SSSR count). The summed E-state index contributed by atoms with van der Waals surface area (Å²) in [5, 5.41) is 0. The lowest BCUT2D eigenvalue weighted by Gasteiger charge is -2.34. The fourth-order valence-electron chi connectivity index (χ4n) is 3.53. The Morgan fingerprint density at radius 3 is 2.80 bits per heavy atom. The van der Waals surface area contributed by atoms with Crippen molar-refractivity contribution in [1.29, 1.82) is 0 Å². The molecule has 0 aromatic heterocycles. The molecular weight excluding hydrogens is 326 g/mol. The third-order valence-electron chi connectivity index (χ3n) is 4.77. The van der Waals surface area contributed by atoms with Crippen molar-refractivity contribution in [3.05, 3.63) is 29.8 Å². The number of anilines is 1. The number of Topliss-reactive ketones (excluding diaryl/α,β-unsaturated/α-hetero) is 1. The maximum atomic E-state index is 12.9. The van der Waals surface area contributed by atoms with E-state index in [1.807, 2.05) is 31.2 Å². The highest BCUT2D eigenvalue weighted by atomic mass is 16.8. The van der Waals surface area contributed by atoms with Gasteiger partial charge in [0.1, 0.15) is 12.6 Å². The molecule has 1 aromatic rings. The van der Waals surface area contributed by atoms with Crippen LogP contribution in [0.1, 0.15) is 26.3 Å². The van der Waals surface area contributed by atoms with Gasteiger partial charge in [-0.2, -0.15) is 0 Å². The number of benzene rings is 1. The summed E-state index contributed by atoms with van der Waals surface area (Å²) in [5.74, 6) is -2.90. The van der Waals surface area contributed by atoms with Gasteiger partial charge < -0.3 is 18.9 Å². The first-order valence-corrected chi connectivity index (χ1v) is 8.47. The van der Waals surface area contributed by atoms with Crippen LogP contribution < -0.4 is 4.90 Å². The summed E-state index contributed by atoms with van der Waals surface area (Å²) in [7, 11) is 0. The molecule has 7 heteroatoms. The lowest BCUT2D eigenvalue weighted by Crippen LogP contribution is -2.59. The molecule has 1 aromatic carbocycles. The first kappa shape index (κ1) is 16.5. The zero-order chi connectivity index (χ0) is 17.8. The van der Waals surface area contributed by atoms with E-state index in [2.05, 4.69) is 0 Å². The van der Waals surface area contributed by atoms with Gasteiger partial charge in [0, 0.05) is 5.69 Å². The third kappa shape index (κ3) is 2.63. The molecule has 3 aliphatic heterocycles. The first-order chi connectivity index (χ1) is 11.8. The number of amides is 1. The van der Waals surface area contributed by atoms with Crippen LogP contribution in [0.3, 0.4) is 0 Å². The van der Waals surface area contributed by atoms with E-state index >= 15 is 0 Å². The second-order valence-corrected chi connectivity index (χ2v) is 7.00. The number of hydrogen-bond acceptors (Lipinski definition) is 6. The molecule has 7 nitrogen and oxygen atoms in total. The third-order valence-corrected chi connectivity index (χ3v) is 4.77. The van der Waals surface area contributed by atoms with Crippen LogP contribution in [-0.4, -0.2) is 48.8 Å². The van der Waals surface area contributed by atoms with E-state index in [9.17, 15) is 9.59 Å². The van der Waals surface area contributed by atoms with E-state index in [0.717, 1.165) is 12.0 Å². The number of carbonyl (C=O) groups is 2. The van der Waals surface area contributed by atoms with E-state index in [1.165, 1.54) is 4.90 Å². The van der Waals surface area contributed by atoms with Gasteiger partial charge in [-0.3, -0.25) is 9.69 Å². The summed E-state index contributed by atoms with van der Waals surface area (Å²) < 4.78 is 22.5. The summed E-state index contributed by atoms with van der Waals surface area (Å²) >= 11 is 0. The predicted octanol–water partition coefficient (Wildman–Crippen LogP) is 2.02. The van der Waals surface area contributed by atoms with Crippen molar-refractivity contribution in [2.45, 2.75) is 51.0 Å². The fourth-order valence-corrected chi connectivity index (χ4v) is 3.53. The lowest BCUT2D eigenvalue weighted by atomic mass is 9.98. The SMILES string of the molecule is CCc1cccc(N2C[C@]3(OC[C@H]4OC(C)(C)O[C@H]4C3=O)OC2=O)c1. The number of nitrogens with zero attached hydrogens (tertiary/aromatic N) is 1. The Kier molecular flexibility index (Phi) is 3.64. The molecule has 0 N–H and O–H groups in total. The van der Waals surface area contributed by atoms with Gasteiger partial charge in [0.15, 0.2) is 11.9 Å². The molecule has 25 heavy (non-hydrogen) atoms. The summed E-state index contributed by atoms with van der Waals surface area (Å²) in [5.41, 5.74) is 1.78. The van der Waals surface area contributed by atoms with Crippen LogP contribution in [0, 0.1) is 0 Å². The highest BCUT2D eigenvalue weighted by molar-refractivity contribution is 6.00. The van der Waals surface area contributed by atoms with Gasteiger partial charge in [0.2, 0.25) is 5.78 Å². The molecule has 0 aliphatic carbocycles. The van der Waals surface area contributed by atoms with Gasteiger partial charge >= 0.3 is 6.09 Å². The molecule has 0 saturated carbocycles. The predicted molar refractivity (Wildman–Crippen MR) is 87.2 cm³/mol. The second-order valence-electron chi connectivity index (χ2n) is 7.00. The van der Waals surface area contributed by atoms with Gasteiger partial charge in [0.25, 0.3) is 5.79 Å². The summed E-state index contributed by atoms with van der Waals surface area (Å²) in [6.07, 6.45) is -1.03. The van der Waals surface area contributed by atoms with E-state index in [0.29, 0.717) is 5.69 Å². The minimum absolute atomic E-state index is 0.00480. The maximum Gasteiger partial charge on any atom is 0.417 e. The Morgan fingerprint density at radius 2 is 2.04 bits per heavy atom. The van der Waals surface area contributed by atoms with E-state index in [4.69, 9.17) is 18.9 Å². The number of ether oxygens (including phenoxy) is 4. The molecule has 3 atom stereocenters. The largest absolute Gasteiger partial charge is 0.417 e. The molecule has 3 fully saturated rings. The van der Waals surface area contributed by atoms with Crippen molar-refractivity contribution >= 4 is 17.6 Å². The van der Waals surface area contributed by atoms with E-state index < -0.39 is 35.7 Å². The van der Waals surface area contributed by atoms with Crippen molar-refractivity contribution in [3.8, 4) is 0 Å². The standard InChI is InChI=1S/C18H21NO6/c1-4-11-6-5-7-12(8-11)19-10-18(25-16(19)21)15(20)14-13(9-22-18)23-17(2,3)24-14/h5-8,13-14H,4,9-10H2,1-3H3/t13-,14-,18+/m1/s1. The number of fused-ring (bicyclic) bond motifs is 1. The van der Waals surface area contributed by atoms with E-state index in [1.54, 1.807) is 13.8 Å². The maximum absolute atomic E-state index is 12.9. The van der Waals surface area contributed by atoms with Crippen LogP contribution in [0.4, 0.5) is 10.5 Å². The Balaban J connectivity index is 1.60. The Labute approximate surface area is 145 Å². The molecule has 1 amide bonds. The molecule has 3 heterocycles. The van der Waals surface area contributed by atoms with Crippen LogP contribution in [0.5, 0.6) is 0 Å². The Bertz CT molecular complexity index is 732. The van der Waals surface area contributed by atoms with Crippen molar-refractivity contribution in [1.82, 2.24) is 0 Å². The molecule has 0 bridgehead atoms. The molecule has 0 radical (unpaired) electrons. The van der Waals surface area contributed by atoms with Crippen LogP contribution in [0.25, 0.3) is 0 Å². The van der Waals surface area contributed by atoms with E-state index in [-0.39, 0.29) is 13.2 Å². The highest BCUT2D eigenvalue weighted by Gasteiger charge is 2.63. The van der Waals surface area contributed by atoms with Crippen LogP contribution in [0.2, 0.25) is 0 Å². The number of rotatable bonds is 2. The number of ketones is 1. The van der Waals surface area contributed by atoms with Gasteiger partial charge in [-0.25, -0.2) is 4.79 Å². The quantitative estimate of drug-likeness (QED) is 0.815. The van der Waals surface area contributed by atoms with Gasteiger partial charge in [0.05, 0.1) is 6.61 Å². The lowest BCUT2D eigenvalue weighted by molar-refractivity contribution is -0.218. The zero-order valence-corrected chi connectivity index (χ0v) is 14.5. The molecule has 0 unspecified atom stereocenters. The number of hydrogen-bond donors (Lipinski definition) is 0. The van der Waals surface area contributed by atoms with Crippen LogP contribution in [-0.2, 0) is 30.2 Å². The topological polar surface area (TPSA) is 74.3 Å². The zero-order valence-electron chi connectivity index (χ0n) is 14.5. The minimum Gasteiger partial charge on any atom is -0.407 e. The Hall–Kier alpha value is -1.96. The number of aryl methyl sites for hydroxylation is 1. The van der Waals surface area contributed by atoms with Gasteiger partial charge in [-0.05, 0) is 38.0 Å². The summed E-state index contributed by atoms with van der Waals surface area (Å²) in [6.45, 7) is 5.67. The summed E-state index contributed by atoms with van der Waals surface area (Å²) in [6, 6.07) is 7.59. The highest BCUT2D eigenvalue weighted by Crippen LogP contribution is 2.40. The van der Waals surface area contributed by atoms with Crippen molar-refractivity contribution in [2.24, 2.45) is 0 Å². The van der Waals surface area contributed by atoms with Crippen molar-refractivity contribution < 1.29 is 28.5 Å². The molecule has 134 valence electrons. The summed E-state index contributed by atoms with van der Waals surface area (Å²) in [4.78, 5) is 26.8. The Morgan fingerprint density at radius 1 is 1.24 bits per heavy atom. The molecular formula is C18H21NO6. The van der Waals surface area contributed by atoms with Gasteiger partial charge in [-0.15, -0.1) is 0 Å².